The van der Waals surface area contributed by atoms with Gasteiger partial charge in [0, 0.05) is 18.0 Å². The Morgan fingerprint density at radius 2 is 2.60 bits per heavy atom. The van der Waals surface area contributed by atoms with Gasteiger partial charge < -0.3 is 15.2 Å². The zero-order valence-electron chi connectivity index (χ0n) is 8.94. The fourth-order valence-corrected chi connectivity index (χ4v) is 2.77. The van der Waals surface area contributed by atoms with Crippen LogP contribution in [0.4, 0.5) is 0 Å². The molecule has 2 heterocycles. The number of hydrogen-bond donors (Lipinski definition) is 1. The minimum atomic E-state index is 0.0386. The molecule has 0 radical (unpaired) electrons. The molecule has 1 saturated heterocycles. The van der Waals surface area contributed by atoms with E-state index in [1.54, 1.807) is 11.3 Å². The second-order valence-corrected chi connectivity index (χ2v) is 4.76. The van der Waals surface area contributed by atoms with Crippen LogP contribution in [0.25, 0.3) is 0 Å². The van der Waals surface area contributed by atoms with Gasteiger partial charge in [0.15, 0.2) is 0 Å². The number of thiophene rings is 1. The molecule has 0 aliphatic carbocycles. The molecule has 2 atom stereocenters. The molecule has 1 aliphatic heterocycles. The van der Waals surface area contributed by atoms with E-state index < -0.39 is 0 Å². The van der Waals surface area contributed by atoms with Gasteiger partial charge in [0.05, 0.1) is 12.7 Å². The summed E-state index contributed by atoms with van der Waals surface area (Å²) in [5, 5.41) is 2.09. The Hall–Kier alpha value is -0.420. The van der Waals surface area contributed by atoms with Crippen LogP contribution in [0.3, 0.4) is 0 Å². The maximum Gasteiger partial charge on any atom is 0.105 e. The van der Waals surface area contributed by atoms with Gasteiger partial charge in [0.2, 0.25) is 0 Å². The van der Waals surface area contributed by atoms with Crippen LogP contribution in [0.5, 0.6) is 0 Å². The van der Waals surface area contributed by atoms with E-state index in [1.807, 2.05) is 0 Å². The van der Waals surface area contributed by atoms with Crippen molar-refractivity contribution >= 4 is 11.3 Å². The zero-order chi connectivity index (χ0) is 10.7. The van der Waals surface area contributed by atoms with Crippen molar-refractivity contribution in [3.63, 3.8) is 0 Å². The predicted molar refractivity (Wildman–Crippen MR) is 61.2 cm³/mol. The molecule has 0 spiro atoms. The first-order chi connectivity index (χ1) is 7.31. The van der Waals surface area contributed by atoms with Crippen LogP contribution < -0.4 is 5.73 Å². The van der Waals surface area contributed by atoms with E-state index in [9.17, 15) is 0 Å². The van der Waals surface area contributed by atoms with Crippen molar-refractivity contribution in [3.8, 4) is 0 Å². The maximum atomic E-state index is 5.95. The van der Waals surface area contributed by atoms with E-state index in [0.717, 1.165) is 13.0 Å². The molecule has 84 valence electrons. The van der Waals surface area contributed by atoms with Crippen LogP contribution in [0.15, 0.2) is 11.4 Å². The third kappa shape index (κ3) is 2.58. The van der Waals surface area contributed by atoms with Crippen LogP contribution >= 0.6 is 11.3 Å². The fraction of sp³-hybridized carbons (Fsp3) is 0.636. The van der Waals surface area contributed by atoms with Gasteiger partial charge in [-0.2, -0.15) is 0 Å². The Kier molecular flexibility index (Phi) is 3.75. The third-order valence-electron chi connectivity index (χ3n) is 2.65. The molecule has 2 rings (SSSR count). The Morgan fingerprint density at radius 3 is 3.13 bits per heavy atom. The monoisotopic (exact) mass is 227 g/mol. The number of ether oxygens (including phenoxy) is 2. The maximum absolute atomic E-state index is 5.95. The van der Waals surface area contributed by atoms with Gasteiger partial charge >= 0.3 is 0 Å². The summed E-state index contributed by atoms with van der Waals surface area (Å²) in [5.74, 6) is 0. The highest BCUT2D eigenvalue weighted by atomic mass is 32.1. The minimum absolute atomic E-state index is 0.0386. The molecule has 4 heteroatoms. The van der Waals surface area contributed by atoms with E-state index in [1.165, 1.54) is 10.4 Å². The lowest BCUT2D eigenvalue weighted by Crippen LogP contribution is -2.22. The Bertz CT molecular complexity index is 307. The van der Waals surface area contributed by atoms with Gasteiger partial charge in [-0.3, -0.25) is 0 Å². The van der Waals surface area contributed by atoms with Gasteiger partial charge in [-0.1, -0.05) is 0 Å². The van der Waals surface area contributed by atoms with Crippen molar-refractivity contribution in [2.75, 3.05) is 19.8 Å². The molecular weight excluding hydrogens is 210 g/mol. The second-order valence-electron chi connectivity index (χ2n) is 3.81. The first-order valence-electron chi connectivity index (χ1n) is 5.28. The lowest BCUT2D eigenvalue weighted by molar-refractivity contribution is -0.0110. The molecule has 2 N–H and O–H groups in total. The van der Waals surface area contributed by atoms with Gasteiger partial charge in [-0.25, -0.2) is 0 Å². The molecule has 0 bridgehead atoms. The van der Waals surface area contributed by atoms with Crippen molar-refractivity contribution in [3.05, 3.63) is 21.9 Å². The number of rotatable bonds is 4. The number of aryl methyl sites for hydroxylation is 1. The SMILES string of the molecule is Cc1ccsc1C(CN)OC1CCOC1. The first-order valence-corrected chi connectivity index (χ1v) is 6.16. The zero-order valence-corrected chi connectivity index (χ0v) is 9.76. The van der Waals surface area contributed by atoms with E-state index in [2.05, 4.69) is 18.4 Å². The summed E-state index contributed by atoms with van der Waals surface area (Å²) in [7, 11) is 0. The molecule has 1 fully saturated rings. The summed E-state index contributed by atoms with van der Waals surface area (Å²) < 4.78 is 11.2. The molecule has 0 saturated carbocycles. The summed E-state index contributed by atoms with van der Waals surface area (Å²) in [6, 6.07) is 2.11. The van der Waals surface area contributed by atoms with Crippen LogP contribution in [-0.2, 0) is 9.47 Å². The summed E-state index contributed by atoms with van der Waals surface area (Å²) in [6.07, 6.45) is 1.25. The van der Waals surface area contributed by atoms with Crippen LogP contribution in [0.2, 0.25) is 0 Å². The molecule has 1 aromatic rings. The van der Waals surface area contributed by atoms with Crippen LogP contribution in [0, 0.1) is 6.92 Å². The minimum Gasteiger partial charge on any atom is -0.379 e. The quantitative estimate of drug-likeness (QED) is 0.854. The lowest BCUT2D eigenvalue weighted by Gasteiger charge is -2.19. The van der Waals surface area contributed by atoms with Crippen molar-refractivity contribution in [1.29, 1.82) is 0 Å². The Labute approximate surface area is 94.2 Å². The van der Waals surface area contributed by atoms with E-state index >= 15 is 0 Å². The summed E-state index contributed by atoms with van der Waals surface area (Å²) in [4.78, 5) is 1.25. The second kappa shape index (κ2) is 5.07. The van der Waals surface area contributed by atoms with Gasteiger partial charge in [-0.05, 0) is 30.4 Å². The normalized spacial score (nSPS) is 23.2. The average molecular weight is 227 g/mol. The van der Waals surface area contributed by atoms with Crippen LogP contribution in [-0.4, -0.2) is 25.9 Å². The molecule has 0 aromatic carbocycles. The smallest absolute Gasteiger partial charge is 0.105 e. The largest absolute Gasteiger partial charge is 0.379 e. The molecule has 0 amide bonds. The number of nitrogens with two attached hydrogens (primary N) is 1. The van der Waals surface area contributed by atoms with Crippen LogP contribution in [0.1, 0.15) is 23.0 Å². The average Bonchev–Trinajstić information content (AvgIpc) is 2.85. The molecule has 3 nitrogen and oxygen atoms in total. The molecule has 1 aromatic heterocycles. The topological polar surface area (TPSA) is 44.5 Å². The Morgan fingerprint density at radius 1 is 1.73 bits per heavy atom. The van der Waals surface area contributed by atoms with E-state index in [0.29, 0.717) is 13.2 Å². The van der Waals surface area contributed by atoms with Gasteiger partial charge in [0.1, 0.15) is 6.10 Å². The summed E-state index contributed by atoms with van der Waals surface area (Å²) in [5.41, 5.74) is 7.02. The predicted octanol–water partition coefficient (Wildman–Crippen LogP) is 1.86. The van der Waals surface area contributed by atoms with Crippen molar-refractivity contribution in [1.82, 2.24) is 0 Å². The molecule has 15 heavy (non-hydrogen) atoms. The number of hydrogen-bond acceptors (Lipinski definition) is 4. The molecular formula is C11H17NO2S. The highest BCUT2D eigenvalue weighted by Gasteiger charge is 2.22. The Balaban J connectivity index is 2.00. The van der Waals surface area contributed by atoms with Gasteiger partial charge in [0.25, 0.3) is 0 Å². The van der Waals surface area contributed by atoms with Crippen molar-refractivity contribution in [2.24, 2.45) is 5.73 Å². The van der Waals surface area contributed by atoms with Crippen molar-refractivity contribution < 1.29 is 9.47 Å². The summed E-state index contributed by atoms with van der Waals surface area (Å²) in [6.45, 7) is 4.16. The van der Waals surface area contributed by atoms with Crippen molar-refractivity contribution in [2.45, 2.75) is 25.6 Å². The molecule has 2 unspecified atom stereocenters. The standard InChI is InChI=1S/C11H17NO2S/c1-8-3-5-15-11(8)10(6-12)14-9-2-4-13-7-9/h3,5,9-10H,2,4,6-7,12H2,1H3. The summed E-state index contributed by atoms with van der Waals surface area (Å²) >= 11 is 1.72. The van der Waals surface area contributed by atoms with E-state index in [4.69, 9.17) is 15.2 Å². The lowest BCUT2D eigenvalue weighted by atomic mass is 10.2. The fourth-order valence-electron chi connectivity index (χ4n) is 1.79. The van der Waals surface area contributed by atoms with E-state index in [-0.39, 0.29) is 12.2 Å². The molecule has 1 aliphatic rings. The third-order valence-corrected chi connectivity index (χ3v) is 3.76. The highest BCUT2D eigenvalue weighted by Crippen LogP contribution is 2.28. The van der Waals surface area contributed by atoms with Gasteiger partial charge in [-0.15, -0.1) is 11.3 Å². The highest BCUT2D eigenvalue weighted by molar-refractivity contribution is 7.10. The first kappa shape index (κ1) is 11.1.